The highest BCUT2D eigenvalue weighted by molar-refractivity contribution is 6.30. The molecule has 0 saturated carbocycles. The summed E-state index contributed by atoms with van der Waals surface area (Å²) >= 11 is 5.89. The summed E-state index contributed by atoms with van der Waals surface area (Å²) in [5.41, 5.74) is 1.70. The molecule has 0 bridgehead atoms. The summed E-state index contributed by atoms with van der Waals surface area (Å²) in [5, 5.41) is 3.12. The van der Waals surface area contributed by atoms with Crippen LogP contribution in [-0.2, 0) is 22.6 Å². The van der Waals surface area contributed by atoms with Crippen LogP contribution in [0.15, 0.2) is 54.6 Å². The van der Waals surface area contributed by atoms with Gasteiger partial charge >= 0.3 is 6.09 Å². The molecule has 4 nitrogen and oxygen atoms in total. The summed E-state index contributed by atoms with van der Waals surface area (Å²) < 4.78 is 5.09. The maximum absolute atomic E-state index is 12.1. The molecule has 2 aromatic rings. The number of alkyl carbamates (subject to hydrolysis) is 1. The number of ether oxygens (including phenoxy) is 1. The third kappa shape index (κ3) is 5.75. The van der Waals surface area contributed by atoms with Crippen LogP contribution in [0.1, 0.15) is 18.1 Å². The predicted molar refractivity (Wildman–Crippen MR) is 89.4 cm³/mol. The zero-order valence-electron chi connectivity index (χ0n) is 12.8. The van der Waals surface area contributed by atoms with Gasteiger partial charge in [0, 0.05) is 11.4 Å². The summed E-state index contributed by atoms with van der Waals surface area (Å²) in [5.74, 6) is -0.107. The van der Waals surface area contributed by atoms with Gasteiger partial charge in [-0.05, 0) is 30.2 Å². The maximum atomic E-state index is 12.1. The minimum Gasteiger partial charge on any atom is -0.445 e. The predicted octanol–water partition coefficient (Wildman–Crippen LogP) is 3.77. The Morgan fingerprint density at radius 1 is 1.09 bits per heavy atom. The van der Waals surface area contributed by atoms with Gasteiger partial charge in [-0.25, -0.2) is 4.79 Å². The molecule has 120 valence electrons. The largest absolute Gasteiger partial charge is 0.445 e. The Morgan fingerprint density at radius 2 is 1.78 bits per heavy atom. The standard InChI is InChI=1S/C18H18ClNO3/c1-13(17(21)11-15-8-5-9-16(19)10-15)20-18(22)23-12-14-6-3-2-4-7-14/h2-10,13H,11-12H2,1H3,(H,20,22). The third-order valence-electron chi connectivity index (χ3n) is 3.30. The molecular formula is C18H18ClNO3. The highest BCUT2D eigenvalue weighted by Gasteiger charge is 2.16. The molecule has 0 spiro atoms. The van der Waals surface area contributed by atoms with Crippen molar-refractivity contribution < 1.29 is 14.3 Å². The molecule has 0 aromatic heterocycles. The monoisotopic (exact) mass is 331 g/mol. The molecule has 0 fully saturated rings. The Labute approximate surface area is 140 Å². The molecule has 1 amide bonds. The molecule has 0 aliphatic heterocycles. The van der Waals surface area contributed by atoms with Crippen LogP contribution in [0.4, 0.5) is 4.79 Å². The van der Waals surface area contributed by atoms with E-state index in [9.17, 15) is 9.59 Å². The molecule has 2 rings (SSSR count). The third-order valence-corrected chi connectivity index (χ3v) is 3.53. The second-order valence-electron chi connectivity index (χ2n) is 5.20. The van der Waals surface area contributed by atoms with Gasteiger partial charge in [0.1, 0.15) is 6.61 Å². The molecule has 0 aliphatic carbocycles. The number of carbonyl (C=O) groups excluding carboxylic acids is 2. The van der Waals surface area contributed by atoms with Crippen molar-refractivity contribution >= 4 is 23.5 Å². The molecule has 1 N–H and O–H groups in total. The van der Waals surface area contributed by atoms with E-state index in [0.29, 0.717) is 5.02 Å². The van der Waals surface area contributed by atoms with Crippen LogP contribution in [0, 0.1) is 0 Å². The smallest absolute Gasteiger partial charge is 0.408 e. The molecular weight excluding hydrogens is 314 g/mol. The number of halogens is 1. The van der Waals surface area contributed by atoms with E-state index in [1.165, 1.54) is 0 Å². The average Bonchev–Trinajstić information content (AvgIpc) is 2.54. The minimum atomic E-state index is -0.628. The molecule has 1 unspecified atom stereocenters. The first-order valence-corrected chi connectivity index (χ1v) is 7.67. The lowest BCUT2D eigenvalue weighted by molar-refractivity contribution is -0.120. The van der Waals surface area contributed by atoms with Gasteiger partial charge in [0.2, 0.25) is 0 Å². The first kappa shape index (κ1) is 17.0. The van der Waals surface area contributed by atoms with E-state index >= 15 is 0 Å². The first-order chi connectivity index (χ1) is 11.0. The molecule has 0 heterocycles. The lowest BCUT2D eigenvalue weighted by Gasteiger charge is -2.13. The Bertz CT molecular complexity index is 673. The van der Waals surface area contributed by atoms with Gasteiger partial charge < -0.3 is 10.1 Å². The van der Waals surface area contributed by atoms with Crippen molar-refractivity contribution in [2.45, 2.75) is 26.0 Å². The van der Waals surface area contributed by atoms with Crippen LogP contribution in [0.25, 0.3) is 0 Å². The van der Waals surface area contributed by atoms with Gasteiger partial charge in [-0.3, -0.25) is 4.79 Å². The molecule has 0 aliphatic rings. The highest BCUT2D eigenvalue weighted by atomic mass is 35.5. The number of Topliss-reactive ketones (excluding diaryl/α,β-unsaturated/α-hetero) is 1. The van der Waals surface area contributed by atoms with Gasteiger partial charge in [0.25, 0.3) is 0 Å². The van der Waals surface area contributed by atoms with Crippen molar-refractivity contribution in [3.05, 3.63) is 70.7 Å². The number of nitrogens with one attached hydrogen (secondary N) is 1. The number of hydrogen-bond donors (Lipinski definition) is 1. The maximum Gasteiger partial charge on any atom is 0.408 e. The van der Waals surface area contributed by atoms with Crippen LogP contribution >= 0.6 is 11.6 Å². The van der Waals surface area contributed by atoms with Crippen LogP contribution in [-0.4, -0.2) is 17.9 Å². The molecule has 23 heavy (non-hydrogen) atoms. The number of amides is 1. The lowest BCUT2D eigenvalue weighted by Crippen LogP contribution is -2.39. The number of benzene rings is 2. The van der Waals surface area contributed by atoms with Crippen LogP contribution < -0.4 is 5.32 Å². The Kier molecular flexibility index (Phi) is 6.18. The summed E-state index contributed by atoms with van der Waals surface area (Å²) in [6, 6.07) is 15.8. The number of ketones is 1. The topological polar surface area (TPSA) is 55.4 Å². The SMILES string of the molecule is CC(NC(=O)OCc1ccccc1)C(=O)Cc1cccc(Cl)c1. The van der Waals surface area contributed by atoms with Crippen molar-refractivity contribution in [1.29, 1.82) is 0 Å². The van der Waals surface area contributed by atoms with Gasteiger partial charge in [-0.1, -0.05) is 54.1 Å². The molecule has 0 radical (unpaired) electrons. The zero-order chi connectivity index (χ0) is 16.7. The number of carbonyl (C=O) groups is 2. The Morgan fingerprint density at radius 3 is 2.48 bits per heavy atom. The molecule has 5 heteroatoms. The van der Waals surface area contributed by atoms with E-state index in [2.05, 4.69) is 5.32 Å². The highest BCUT2D eigenvalue weighted by Crippen LogP contribution is 2.12. The van der Waals surface area contributed by atoms with E-state index in [1.807, 2.05) is 36.4 Å². The molecule has 1 atom stereocenters. The fourth-order valence-corrected chi connectivity index (χ4v) is 2.24. The molecule has 2 aromatic carbocycles. The molecule has 0 saturated heterocycles. The van der Waals surface area contributed by atoms with E-state index in [-0.39, 0.29) is 18.8 Å². The second kappa shape index (κ2) is 8.34. The fourth-order valence-electron chi connectivity index (χ4n) is 2.02. The summed E-state index contributed by atoms with van der Waals surface area (Å²) in [7, 11) is 0. The minimum absolute atomic E-state index is 0.107. The van der Waals surface area contributed by atoms with Crippen LogP contribution in [0.2, 0.25) is 5.02 Å². The fraction of sp³-hybridized carbons (Fsp3) is 0.222. The number of rotatable bonds is 6. The van der Waals surface area contributed by atoms with Gasteiger partial charge in [0.15, 0.2) is 5.78 Å². The quantitative estimate of drug-likeness (QED) is 0.876. The Balaban J connectivity index is 1.79. The van der Waals surface area contributed by atoms with Gasteiger partial charge in [-0.15, -0.1) is 0 Å². The van der Waals surface area contributed by atoms with Gasteiger partial charge in [0.05, 0.1) is 6.04 Å². The van der Waals surface area contributed by atoms with E-state index in [1.54, 1.807) is 25.1 Å². The van der Waals surface area contributed by atoms with Crippen molar-refractivity contribution in [1.82, 2.24) is 5.32 Å². The summed E-state index contributed by atoms with van der Waals surface area (Å²) in [6.07, 6.45) is -0.401. The van der Waals surface area contributed by atoms with E-state index in [4.69, 9.17) is 16.3 Å². The van der Waals surface area contributed by atoms with E-state index in [0.717, 1.165) is 11.1 Å². The normalized spacial score (nSPS) is 11.6. The average molecular weight is 332 g/mol. The van der Waals surface area contributed by atoms with Crippen molar-refractivity contribution in [3.63, 3.8) is 0 Å². The summed E-state index contributed by atoms with van der Waals surface area (Å²) in [6.45, 7) is 1.80. The van der Waals surface area contributed by atoms with Crippen LogP contribution in [0.5, 0.6) is 0 Å². The van der Waals surface area contributed by atoms with Crippen LogP contribution in [0.3, 0.4) is 0 Å². The lowest BCUT2D eigenvalue weighted by atomic mass is 10.1. The van der Waals surface area contributed by atoms with Crippen molar-refractivity contribution in [3.8, 4) is 0 Å². The van der Waals surface area contributed by atoms with E-state index < -0.39 is 12.1 Å². The van der Waals surface area contributed by atoms with Gasteiger partial charge in [-0.2, -0.15) is 0 Å². The zero-order valence-corrected chi connectivity index (χ0v) is 13.5. The number of hydrogen-bond acceptors (Lipinski definition) is 3. The Hall–Kier alpha value is -2.33. The van der Waals surface area contributed by atoms with Crippen molar-refractivity contribution in [2.75, 3.05) is 0 Å². The van der Waals surface area contributed by atoms with Crippen molar-refractivity contribution in [2.24, 2.45) is 0 Å². The summed E-state index contributed by atoms with van der Waals surface area (Å²) in [4.78, 5) is 23.9. The first-order valence-electron chi connectivity index (χ1n) is 7.29. The second-order valence-corrected chi connectivity index (χ2v) is 5.64.